The van der Waals surface area contributed by atoms with Crippen molar-refractivity contribution in [1.82, 2.24) is 35.3 Å². The molecule has 3 heterocycles. The quantitative estimate of drug-likeness (QED) is 0.502. The predicted molar refractivity (Wildman–Crippen MR) is 120 cm³/mol. The molecule has 0 unspecified atom stereocenters. The fraction of sp³-hybridized carbons (Fsp3) is 0.304. The van der Waals surface area contributed by atoms with Crippen LogP contribution in [0.2, 0.25) is 0 Å². The number of nitrogens with zero attached hydrogens (tertiary/aromatic N) is 6. The molecule has 4 amide bonds. The Hall–Kier alpha value is -4.48. The Morgan fingerprint density at radius 3 is 2.77 bits per heavy atom. The Bertz CT molecular complexity index is 1300. The predicted octanol–water partition coefficient (Wildman–Crippen LogP) is 1.21. The first-order chi connectivity index (χ1) is 16.9. The summed E-state index contributed by atoms with van der Waals surface area (Å²) >= 11 is 0. The van der Waals surface area contributed by atoms with Gasteiger partial charge in [-0.2, -0.15) is 0 Å². The summed E-state index contributed by atoms with van der Waals surface area (Å²) in [7, 11) is 0. The largest absolute Gasteiger partial charge is 0.454 e. The SMILES string of the molecule is CCN(Cc1ccc2c(c1)OCO2)C(=O)CN1C(=O)N[C@@](C)(c2cccc(-n3cnnn3)c2)C1=O. The van der Waals surface area contributed by atoms with Gasteiger partial charge in [0.1, 0.15) is 18.4 Å². The van der Waals surface area contributed by atoms with Crippen LogP contribution in [0.25, 0.3) is 5.69 Å². The number of ether oxygens (including phenoxy) is 2. The molecule has 180 valence electrons. The highest BCUT2D eigenvalue weighted by Crippen LogP contribution is 2.33. The van der Waals surface area contributed by atoms with Gasteiger partial charge in [0.05, 0.1) is 5.69 Å². The molecule has 1 aromatic heterocycles. The summed E-state index contributed by atoms with van der Waals surface area (Å²) in [4.78, 5) is 41.8. The minimum Gasteiger partial charge on any atom is -0.454 e. The molecular formula is C23H23N7O5. The molecule has 2 aromatic carbocycles. The topological polar surface area (TPSA) is 132 Å². The van der Waals surface area contributed by atoms with Gasteiger partial charge in [0.25, 0.3) is 5.91 Å². The number of rotatable bonds is 7. The van der Waals surface area contributed by atoms with Crippen molar-refractivity contribution < 1.29 is 23.9 Å². The highest BCUT2D eigenvalue weighted by Gasteiger charge is 2.49. The minimum atomic E-state index is -1.34. The second-order valence-corrected chi connectivity index (χ2v) is 8.35. The van der Waals surface area contributed by atoms with Gasteiger partial charge in [-0.05, 0) is 59.7 Å². The van der Waals surface area contributed by atoms with Gasteiger partial charge < -0.3 is 19.7 Å². The van der Waals surface area contributed by atoms with E-state index < -0.39 is 17.5 Å². The second-order valence-electron chi connectivity index (χ2n) is 8.35. The van der Waals surface area contributed by atoms with E-state index in [-0.39, 0.29) is 19.2 Å². The molecule has 0 saturated carbocycles. The van der Waals surface area contributed by atoms with Gasteiger partial charge in [-0.1, -0.05) is 18.2 Å². The van der Waals surface area contributed by atoms with Crippen molar-refractivity contribution in [3.8, 4) is 17.2 Å². The molecule has 35 heavy (non-hydrogen) atoms. The zero-order valence-electron chi connectivity index (χ0n) is 19.2. The molecule has 0 radical (unpaired) electrons. The molecule has 1 saturated heterocycles. The zero-order valence-corrected chi connectivity index (χ0v) is 19.2. The van der Waals surface area contributed by atoms with Crippen molar-refractivity contribution in [2.24, 2.45) is 0 Å². The van der Waals surface area contributed by atoms with Crippen LogP contribution in [0.1, 0.15) is 25.0 Å². The maximum atomic E-state index is 13.4. The third kappa shape index (κ3) is 4.03. The maximum Gasteiger partial charge on any atom is 0.325 e. The summed E-state index contributed by atoms with van der Waals surface area (Å²) in [5.74, 6) is 0.426. The molecule has 0 bridgehead atoms. The monoisotopic (exact) mass is 477 g/mol. The van der Waals surface area contributed by atoms with Gasteiger partial charge in [-0.25, -0.2) is 9.48 Å². The third-order valence-electron chi connectivity index (χ3n) is 6.15. The van der Waals surface area contributed by atoms with E-state index in [0.717, 1.165) is 10.5 Å². The van der Waals surface area contributed by atoms with Crippen LogP contribution in [0.4, 0.5) is 4.79 Å². The van der Waals surface area contributed by atoms with Crippen molar-refractivity contribution in [2.45, 2.75) is 25.9 Å². The minimum absolute atomic E-state index is 0.165. The van der Waals surface area contributed by atoms with E-state index in [0.29, 0.717) is 35.8 Å². The first-order valence-corrected chi connectivity index (χ1v) is 11.0. The molecule has 12 heteroatoms. The Kier molecular flexibility index (Phi) is 5.55. The number of amides is 4. The molecule has 2 aliphatic rings. The normalized spacial score (nSPS) is 18.6. The second kappa shape index (κ2) is 8.70. The van der Waals surface area contributed by atoms with E-state index in [1.54, 1.807) is 42.2 Å². The van der Waals surface area contributed by atoms with E-state index in [4.69, 9.17) is 9.47 Å². The summed E-state index contributed by atoms with van der Waals surface area (Å²) in [5.41, 5.74) is 0.694. The number of hydrogen-bond donors (Lipinski definition) is 1. The molecule has 1 atom stereocenters. The van der Waals surface area contributed by atoms with Gasteiger partial charge in [0.15, 0.2) is 11.5 Å². The highest BCUT2D eigenvalue weighted by molar-refractivity contribution is 6.09. The lowest BCUT2D eigenvalue weighted by Gasteiger charge is -2.25. The number of nitrogens with one attached hydrogen (secondary N) is 1. The van der Waals surface area contributed by atoms with E-state index in [2.05, 4.69) is 20.8 Å². The van der Waals surface area contributed by atoms with Gasteiger partial charge in [0.2, 0.25) is 12.7 Å². The fourth-order valence-corrected chi connectivity index (χ4v) is 4.15. The Balaban J connectivity index is 1.31. The van der Waals surface area contributed by atoms with Crippen molar-refractivity contribution in [1.29, 1.82) is 0 Å². The van der Waals surface area contributed by atoms with Crippen LogP contribution >= 0.6 is 0 Å². The molecule has 3 aromatic rings. The smallest absolute Gasteiger partial charge is 0.325 e. The van der Waals surface area contributed by atoms with Crippen LogP contribution in [-0.4, -0.2) is 67.7 Å². The lowest BCUT2D eigenvalue weighted by molar-refractivity contribution is -0.139. The summed E-state index contributed by atoms with van der Waals surface area (Å²) in [5, 5.41) is 13.8. The number of fused-ring (bicyclic) bond motifs is 1. The van der Waals surface area contributed by atoms with Crippen molar-refractivity contribution in [3.05, 3.63) is 59.9 Å². The summed E-state index contributed by atoms with van der Waals surface area (Å²) < 4.78 is 12.2. The Morgan fingerprint density at radius 1 is 1.17 bits per heavy atom. The number of likely N-dealkylation sites (N-methyl/N-ethyl adjacent to an activating group) is 1. The number of benzene rings is 2. The number of hydrogen-bond acceptors (Lipinski definition) is 8. The van der Waals surface area contributed by atoms with E-state index in [1.807, 2.05) is 19.1 Å². The standard InChI is InChI=1S/C23H23N7O5/c1-3-28(11-15-7-8-18-19(9-15)35-14-34-18)20(31)12-29-21(32)23(2,25-22(29)33)16-5-4-6-17(10-16)30-13-24-26-27-30/h4-10,13H,3,11-12,14H2,1-2H3,(H,25,33)/t23-/m0/s1. The molecule has 1 N–H and O–H groups in total. The number of aromatic nitrogens is 4. The number of urea groups is 1. The van der Waals surface area contributed by atoms with E-state index in [9.17, 15) is 14.4 Å². The lowest BCUT2D eigenvalue weighted by atomic mass is 9.91. The van der Waals surface area contributed by atoms with Crippen LogP contribution in [0.15, 0.2) is 48.8 Å². The van der Waals surface area contributed by atoms with Crippen molar-refractivity contribution >= 4 is 17.8 Å². The summed E-state index contributed by atoms with van der Waals surface area (Å²) in [6.07, 6.45) is 1.43. The van der Waals surface area contributed by atoms with Gasteiger partial charge in [0, 0.05) is 13.1 Å². The third-order valence-corrected chi connectivity index (χ3v) is 6.15. The van der Waals surface area contributed by atoms with E-state index >= 15 is 0 Å². The zero-order chi connectivity index (χ0) is 24.6. The number of imide groups is 1. The number of tetrazole rings is 1. The van der Waals surface area contributed by atoms with Gasteiger partial charge in [-0.3, -0.25) is 14.5 Å². The van der Waals surface area contributed by atoms with E-state index in [1.165, 1.54) is 11.0 Å². The molecule has 1 fully saturated rings. The first kappa shape index (κ1) is 22.3. The molecular weight excluding hydrogens is 454 g/mol. The Labute approximate surface area is 200 Å². The lowest BCUT2D eigenvalue weighted by Crippen LogP contribution is -2.44. The summed E-state index contributed by atoms with van der Waals surface area (Å²) in [6.45, 7) is 3.96. The number of carbonyl (C=O) groups excluding carboxylic acids is 3. The molecule has 0 aliphatic carbocycles. The molecule has 5 rings (SSSR count). The van der Waals surface area contributed by atoms with Crippen LogP contribution < -0.4 is 14.8 Å². The fourth-order valence-electron chi connectivity index (χ4n) is 4.15. The first-order valence-electron chi connectivity index (χ1n) is 11.0. The van der Waals surface area contributed by atoms with Crippen molar-refractivity contribution in [3.63, 3.8) is 0 Å². The van der Waals surface area contributed by atoms with Crippen LogP contribution in [-0.2, 0) is 21.7 Å². The number of carbonyl (C=O) groups is 3. The molecule has 0 spiro atoms. The Morgan fingerprint density at radius 2 is 2.00 bits per heavy atom. The van der Waals surface area contributed by atoms with Gasteiger partial charge in [-0.15, -0.1) is 5.10 Å². The average molecular weight is 477 g/mol. The molecule has 2 aliphatic heterocycles. The van der Waals surface area contributed by atoms with Crippen LogP contribution in [0, 0.1) is 0 Å². The summed E-state index contributed by atoms with van der Waals surface area (Å²) in [6, 6.07) is 11.8. The molecule has 12 nitrogen and oxygen atoms in total. The maximum absolute atomic E-state index is 13.4. The van der Waals surface area contributed by atoms with Crippen LogP contribution in [0.5, 0.6) is 11.5 Å². The van der Waals surface area contributed by atoms with Crippen molar-refractivity contribution in [2.75, 3.05) is 19.9 Å². The van der Waals surface area contributed by atoms with Gasteiger partial charge >= 0.3 is 6.03 Å². The highest BCUT2D eigenvalue weighted by atomic mass is 16.7. The van der Waals surface area contributed by atoms with Crippen LogP contribution in [0.3, 0.4) is 0 Å². The average Bonchev–Trinajstić information content (AvgIpc) is 3.60.